The number of fused-ring (bicyclic) bond motifs is 5. The van der Waals surface area contributed by atoms with E-state index in [0.717, 1.165) is 22.1 Å². The van der Waals surface area contributed by atoms with Crippen LogP contribution in [-0.2, 0) is 9.59 Å². The van der Waals surface area contributed by atoms with Crippen molar-refractivity contribution in [3.8, 4) is 5.75 Å². The number of nitrogens with zero attached hydrogens (tertiary/aromatic N) is 3. The quantitative estimate of drug-likeness (QED) is 0.205. The molecule has 3 aliphatic heterocycles. The average molecular weight is 530 g/mol. The molecule has 3 heterocycles. The predicted molar refractivity (Wildman–Crippen MR) is 139 cm³/mol. The van der Waals surface area contributed by atoms with Crippen LogP contribution in [-0.4, -0.2) is 40.6 Å². The molecule has 6 rings (SSSR count). The largest absolute Gasteiger partial charge is 0.495 e. The van der Waals surface area contributed by atoms with E-state index in [9.17, 15) is 24.5 Å². The van der Waals surface area contributed by atoms with Crippen molar-refractivity contribution in [2.75, 3.05) is 12.0 Å². The topological polar surface area (TPSA) is 110 Å². The lowest BCUT2D eigenvalue weighted by Gasteiger charge is -2.35. The molecular weight excluding hydrogens is 510 g/mol. The Kier molecular flexibility index (Phi) is 5.53. The minimum atomic E-state index is -1.02. The molecule has 2 amide bonds. The number of methoxy groups -OCH3 is 1. The van der Waals surface area contributed by atoms with Crippen molar-refractivity contribution in [2.24, 2.45) is 11.8 Å². The molecule has 3 aromatic carbocycles. The van der Waals surface area contributed by atoms with Gasteiger partial charge in [-0.25, -0.2) is 4.90 Å². The first-order valence-corrected chi connectivity index (χ1v) is 12.2. The van der Waals surface area contributed by atoms with Crippen LogP contribution in [0.5, 0.6) is 5.75 Å². The van der Waals surface area contributed by atoms with E-state index in [0.29, 0.717) is 10.6 Å². The van der Waals surface area contributed by atoms with Crippen LogP contribution in [0.15, 0.2) is 72.9 Å². The Morgan fingerprint density at radius 2 is 1.71 bits per heavy atom. The van der Waals surface area contributed by atoms with Crippen molar-refractivity contribution < 1.29 is 24.0 Å². The Balaban J connectivity index is 1.51. The van der Waals surface area contributed by atoms with E-state index in [1.165, 1.54) is 19.2 Å². The van der Waals surface area contributed by atoms with Crippen LogP contribution in [0.2, 0.25) is 5.02 Å². The Bertz CT molecular complexity index is 1550. The number of ketones is 1. The first kappa shape index (κ1) is 23.9. The number of hydrogen-bond donors (Lipinski definition) is 0. The second-order valence-corrected chi connectivity index (χ2v) is 9.77. The van der Waals surface area contributed by atoms with Gasteiger partial charge in [0.1, 0.15) is 17.5 Å². The second kappa shape index (κ2) is 8.81. The lowest BCUT2D eigenvalue weighted by atomic mass is 9.83. The molecule has 38 heavy (non-hydrogen) atoms. The summed E-state index contributed by atoms with van der Waals surface area (Å²) < 4.78 is 5.36. The number of carbonyl (C=O) groups excluding carboxylic acids is 3. The summed E-state index contributed by atoms with van der Waals surface area (Å²) in [6.07, 6.45) is 3.63. The monoisotopic (exact) mass is 529 g/mol. The van der Waals surface area contributed by atoms with Gasteiger partial charge in [0, 0.05) is 28.9 Å². The number of imide groups is 1. The summed E-state index contributed by atoms with van der Waals surface area (Å²) in [5.41, 5.74) is 1.76. The van der Waals surface area contributed by atoms with Gasteiger partial charge in [0.25, 0.3) is 5.69 Å². The Hall–Kier alpha value is -4.50. The van der Waals surface area contributed by atoms with E-state index in [-0.39, 0.29) is 22.9 Å². The molecule has 0 aliphatic carbocycles. The van der Waals surface area contributed by atoms with Gasteiger partial charge < -0.3 is 9.64 Å². The van der Waals surface area contributed by atoms with Crippen molar-refractivity contribution in [2.45, 2.75) is 12.1 Å². The third-order valence-electron chi connectivity index (χ3n) is 7.47. The zero-order valence-corrected chi connectivity index (χ0v) is 20.7. The number of halogens is 1. The van der Waals surface area contributed by atoms with Gasteiger partial charge >= 0.3 is 0 Å². The standard InChI is InChI=1S/C28H20ClN3O6/c1-38-21-11-10-18(32(36)37)14-20(21)31-27(34)22-23(28(31)35)25(26(33)16-6-8-17(29)9-7-16)30-13-12-15-4-2-3-5-19(15)24(22)30/h2-14,22-25H,1H3/t22-,23+,24+,25+/m0/s1. The fourth-order valence-electron chi connectivity index (χ4n) is 5.85. The number of nitro groups is 1. The van der Waals surface area contributed by atoms with Crippen molar-refractivity contribution >= 4 is 46.6 Å². The maximum absolute atomic E-state index is 14.1. The number of carbonyl (C=O) groups is 3. The fraction of sp³-hybridized carbons (Fsp3) is 0.179. The second-order valence-electron chi connectivity index (χ2n) is 9.33. The highest BCUT2D eigenvalue weighted by molar-refractivity contribution is 6.30. The summed E-state index contributed by atoms with van der Waals surface area (Å²) in [5, 5.41) is 11.9. The highest BCUT2D eigenvalue weighted by Crippen LogP contribution is 2.54. The molecule has 0 spiro atoms. The van der Waals surface area contributed by atoms with Gasteiger partial charge in [-0.2, -0.15) is 0 Å². The highest BCUT2D eigenvalue weighted by Gasteiger charge is 2.64. The number of Topliss-reactive ketones (excluding diaryl/α,β-unsaturated/α-hetero) is 1. The van der Waals surface area contributed by atoms with E-state index in [2.05, 4.69) is 0 Å². The Labute approximate surface area is 222 Å². The normalized spacial score (nSPS) is 23.2. The van der Waals surface area contributed by atoms with E-state index >= 15 is 0 Å². The summed E-state index contributed by atoms with van der Waals surface area (Å²) in [4.78, 5) is 55.7. The van der Waals surface area contributed by atoms with Crippen LogP contribution < -0.4 is 9.64 Å². The smallest absolute Gasteiger partial charge is 0.271 e. The van der Waals surface area contributed by atoms with Crippen molar-refractivity contribution in [1.29, 1.82) is 0 Å². The third kappa shape index (κ3) is 3.42. The summed E-state index contributed by atoms with van der Waals surface area (Å²) in [6, 6.07) is 16.1. The van der Waals surface area contributed by atoms with Crippen LogP contribution in [0.1, 0.15) is 27.5 Å². The highest BCUT2D eigenvalue weighted by atomic mass is 35.5. The molecule has 4 atom stereocenters. The molecule has 9 nitrogen and oxygen atoms in total. The van der Waals surface area contributed by atoms with E-state index in [4.69, 9.17) is 16.3 Å². The first-order chi connectivity index (χ1) is 18.3. The molecule has 0 saturated carbocycles. The number of benzene rings is 3. The molecular formula is C28H20ClN3O6. The van der Waals surface area contributed by atoms with Crippen LogP contribution in [0.3, 0.4) is 0 Å². The van der Waals surface area contributed by atoms with Crippen LogP contribution in [0.25, 0.3) is 6.08 Å². The molecule has 0 aromatic heterocycles. The number of rotatable bonds is 5. The molecule has 3 aromatic rings. The summed E-state index contributed by atoms with van der Waals surface area (Å²) in [7, 11) is 1.35. The maximum atomic E-state index is 14.1. The number of hydrogen-bond acceptors (Lipinski definition) is 7. The van der Waals surface area contributed by atoms with Crippen molar-refractivity contribution in [3.63, 3.8) is 0 Å². The number of non-ortho nitro benzene ring substituents is 1. The summed E-state index contributed by atoms with van der Waals surface area (Å²) in [6.45, 7) is 0. The minimum absolute atomic E-state index is 0.0185. The molecule has 3 aliphatic rings. The fourth-order valence-corrected chi connectivity index (χ4v) is 5.97. The number of nitro benzene ring substituents is 1. The maximum Gasteiger partial charge on any atom is 0.271 e. The van der Waals surface area contributed by atoms with Gasteiger partial charge in [0.05, 0.1) is 29.9 Å². The lowest BCUT2D eigenvalue weighted by molar-refractivity contribution is -0.384. The van der Waals surface area contributed by atoms with Gasteiger partial charge in [0.2, 0.25) is 11.8 Å². The predicted octanol–water partition coefficient (Wildman–Crippen LogP) is 4.66. The average Bonchev–Trinajstić information content (AvgIpc) is 3.40. The molecule has 0 unspecified atom stereocenters. The minimum Gasteiger partial charge on any atom is -0.495 e. The van der Waals surface area contributed by atoms with Gasteiger partial charge in [0.15, 0.2) is 5.78 Å². The number of ether oxygens (including phenoxy) is 1. The van der Waals surface area contributed by atoms with Crippen LogP contribution in [0, 0.1) is 22.0 Å². The molecule has 2 fully saturated rings. The van der Waals surface area contributed by atoms with E-state index in [1.54, 1.807) is 35.4 Å². The summed E-state index contributed by atoms with van der Waals surface area (Å²) in [5.74, 6) is -3.23. The third-order valence-corrected chi connectivity index (χ3v) is 7.73. The first-order valence-electron chi connectivity index (χ1n) is 11.9. The van der Waals surface area contributed by atoms with E-state index < -0.39 is 40.7 Å². The lowest BCUT2D eigenvalue weighted by Crippen LogP contribution is -2.44. The zero-order chi connectivity index (χ0) is 26.7. The number of amides is 2. The van der Waals surface area contributed by atoms with Crippen LogP contribution >= 0.6 is 11.6 Å². The summed E-state index contributed by atoms with van der Waals surface area (Å²) >= 11 is 6.03. The van der Waals surface area contributed by atoms with Crippen LogP contribution in [0.4, 0.5) is 11.4 Å². The van der Waals surface area contributed by atoms with Crippen molar-refractivity contribution in [3.05, 3.63) is 105 Å². The Morgan fingerprint density at radius 1 is 1.00 bits per heavy atom. The molecule has 190 valence electrons. The van der Waals surface area contributed by atoms with Gasteiger partial charge in [-0.15, -0.1) is 0 Å². The number of anilines is 1. The molecule has 2 saturated heterocycles. The van der Waals surface area contributed by atoms with E-state index in [1.807, 2.05) is 30.3 Å². The zero-order valence-electron chi connectivity index (χ0n) is 20.0. The molecule has 10 heteroatoms. The van der Waals surface area contributed by atoms with Crippen molar-refractivity contribution in [1.82, 2.24) is 4.90 Å². The molecule has 0 bridgehead atoms. The van der Waals surface area contributed by atoms with Gasteiger partial charge in [-0.05, 0) is 47.5 Å². The van der Waals surface area contributed by atoms with Gasteiger partial charge in [-0.3, -0.25) is 24.5 Å². The molecule has 0 radical (unpaired) electrons. The SMILES string of the molecule is COc1ccc([N+](=O)[O-])cc1N1C(=O)[C@@H]2[C@H](C1=O)[C@H]1c3ccccc3C=CN1[C@H]2C(=O)c1ccc(Cl)cc1. The van der Waals surface area contributed by atoms with Gasteiger partial charge in [-0.1, -0.05) is 35.9 Å². The Morgan fingerprint density at radius 3 is 2.42 bits per heavy atom. The molecule has 0 N–H and O–H groups in total.